The number of rotatable bonds is 6. The monoisotopic (exact) mass is 440 g/mol. The van der Waals surface area contributed by atoms with E-state index in [-0.39, 0.29) is 10.8 Å². The van der Waals surface area contributed by atoms with Crippen molar-refractivity contribution in [1.29, 1.82) is 0 Å². The lowest BCUT2D eigenvalue weighted by Gasteiger charge is -2.29. The van der Waals surface area contributed by atoms with E-state index in [4.69, 9.17) is 14.2 Å². The largest absolute Gasteiger partial charge is 0.486 e. The van der Waals surface area contributed by atoms with Crippen molar-refractivity contribution in [3.8, 4) is 11.5 Å². The molecule has 0 aromatic heterocycles. The summed E-state index contributed by atoms with van der Waals surface area (Å²) in [7, 11) is -3.60. The van der Waals surface area contributed by atoms with Gasteiger partial charge in [0.2, 0.25) is 10.0 Å². The van der Waals surface area contributed by atoms with Crippen molar-refractivity contribution in [2.24, 2.45) is 11.8 Å². The molecule has 1 aromatic rings. The molecule has 0 saturated heterocycles. The smallest absolute Gasteiger partial charge is 0.407 e. The van der Waals surface area contributed by atoms with Gasteiger partial charge in [0.1, 0.15) is 18.8 Å². The third-order valence-corrected chi connectivity index (χ3v) is 6.71. The van der Waals surface area contributed by atoms with Gasteiger partial charge in [-0.25, -0.2) is 17.9 Å². The zero-order chi connectivity index (χ0) is 21.8. The Balaban J connectivity index is 1.42. The molecule has 1 heterocycles. The standard InChI is InChI=1S/C21H32N2O6S/c1-21(2,3)29-20(24)22-13-15-4-6-16(7-5-15)14-23-30(25,26)17-8-9-18-19(12-17)28-11-10-27-18/h8-9,12,15-16,23H,4-7,10-11,13-14H2,1-3H3,(H,22,24). The van der Waals surface area contributed by atoms with E-state index in [0.717, 1.165) is 25.7 Å². The number of carbonyl (C=O) groups is 1. The van der Waals surface area contributed by atoms with Crippen molar-refractivity contribution >= 4 is 16.1 Å². The molecular formula is C21H32N2O6S. The average molecular weight is 441 g/mol. The lowest BCUT2D eigenvalue weighted by molar-refractivity contribution is 0.0513. The number of nitrogens with one attached hydrogen (secondary N) is 2. The fraction of sp³-hybridized carbons (Fsp3) is 0.667. The van der Waals surface area contributed by atoms with Crippen molar-refractivity contribution in [1.82, 2.24) is 10.0 Å². The summed E-state index contributed by atoms with van der Waals surface area (Å²) in [6.45, 7) is 7.38. The topological polar surface area (TPSA) is 103 Å². The van der Waals surface area contributed by atoms with Crippen LogP contribution in [-0.2, 0) is 14.8 Å². The van der Waals surface area contributed by atoms with Gasteiger partial charge in [-0.1, -0.05) is 0 Å². The van der Waals surface area contributed by atoms with E-state index >= 15 is 0 Å². The van der Waals surface area contributed by atoms with E-state index in [9.17, 15) is 13.2 Å². The number of amides is 1. The minimum Gasteiger partial charge on any atom is -0.486 e. The maximum Gasteiger partial charge on any atom is 0.407 e. The number of ether oxygens (including phenoxy) is 3. The molecule has 0 atom stereocenters. The Hall–Kier alpha value is -2.00. The molecule has 9 heteroatoms. The minimum absolute atomic E-state index is 0.182. The first-order valence-electron chi connectivity index (χ1n) is 10.5. The van der Waals surface area contributed by atoms with E-state index in [1.165, 1.54) is 12.1 Å². The molecule has 1 amide bonds. The van der Waals surface area contributed by atoms with Crippen LogP contribution in [0.2, 0.25) is 0 Å². The van der Waals surface area contributed by atoms with E-state index < -0.39 is 21.7 Å². The van der Waals surface area contributed by atoms with Gasteiger partial charge >= 0.3 is 6.09 Å². The average Bonchev–Trinajstić information content (AvgIpc) is 2.70. The van der Waals surface area contributed by atoms with E-state index in [1.54, 1.807) is 6.07 Å². The van der Waals surface area contributed by atoms with E-state index in [1.807, 2.05) is 20.8 Å². The number of sulfonamides is 1. The van der Waals surface area contributed by atoms with E-state index in [2.05, 4.69) is 10.0 Å². The van der Waals surface area contributed by atoms with Crippen molar-refractivity contribution in [2.75, 3.05) is 26.3 Å². The molecule has 1 aliphatic heterocycles. The summed E-state index contributed by atoms with van der Waals surface area (Å²) in [4.78, 5) is 12.0. The maximum absolute atomic E-state index is 12.6. The van der Waals surface area contributed by atoms with Gasteiger partial charge in [-0.3, -0.25) is 0 Å². The number of alkyl carbamates (subject to hydrolysis) is 1. The van der Waals surface area contributed by atoms with Gasteiger partial charge in [0.05, 0.1) is 4.90 Å². The number of hydrogen-bond acceptors (Lipinski definition) is 6. The summed E-state index contributed by atoms with van der Waals surface area (Å²) < 4.78 is 44.2. The Bertz CT molecular complexity index is 842. The van der Waals surface area contributed by atoms with Crippen molar-refractivity contribution in [3.63, 3.8) is 0 Å². The fourth-order valence-corrected chi connectivity index (χ4v) is 4.81. The van der Waals surface area contributed by atoms with Crippen molar-refractivity contribution < 1.29 is 27.4 Å². The van der Waals surface area contributed by atoms with Gasteiger partial charge in [0, 0.05) is 19.2 Å². The summed E-state index contributed by atoms with van der Waals surface area (Å²) in [6, 6.07) is 4.68. The van der Waals surface area contributed by atoms with Crippen molar-refractivity contribution in [2.45, 2.75) is 57.0 Å². The summed E-state index contributed by atoms with van der Waals surface area (Å²) in [5, 5.41) is 2.83. The van der Waals surface area contributed by atoms with E-state index in [0.29, 0.717) is 43.7 Å². The van der Waals surface area contributed by atoms with Gasteiger partial charge < -0.3 is 19.5 Å². The molecule has 1 aromatic carbocycles. The van der Waals surface area contributed by atoms with Crippen LogP contribution in [0.3, 0.4) is 0 Å². The highest BCUT2D eigenvalue weighted by Gasteiger charge is 2.25. The zero-order valence-corrected chi connectivity index (χ0v) is 18.7. The Labute approximate surface area is 178 Å². The second-order valence-electron chi connectivity index (χ2n) is 8.93. The molecule has 2 N–H and O–H groups in total. The van der Waals surface area contributed by atoms with Gasteiger partial charge in [-0.2, -0.15) is 0 Å². The number of fused-ring (bicyclic) bond motifs is 1. The molecule has 2 aliphatic rings. The summed E-state index contributed by atoms with van der Waals surface area (Å²) in [6.07, 6.45) is 3.35. The third kappa shape index (κ3) is 6.50. The van der Waals surface area contributed by atoms with Crippen LogP contribution in [0.25, 0.3) is 0 Å². The van der Waals surface area contributed by atoms with Gasteiger partial charge in [-0.15, -0.1) is 0 Å². The second kappa shape index (κ2) is 9.43. The van der Waals surface area contributed by atoms with Crippen LogP contribution in [0.15, 0.2) is 23.1 Å². The molecule has 1 saturated carbocycles. The fourth-order valence-electron chi connectivity index (χ4n) is 3.68. The summed E-state index contributed by atoms with van der Waals surface area (Å²) >= 11 is 0. The van der Waals surface area contributed by atoms with Crippen LogP contribution in [0.1, 0.15) is 46.5 Å². The van der Waals surface area contributed by atoms with Gasteiger partial charge in [0.25, 0.3) is 0 Å². The molecule has 0 bridgehead atoms. The third-order valence-electron chi connectivity index (χ3n) is 5.29. The van der Waals surface area contributed by atoms with Crippen LogP contribution < -0.4 is 19.5 Å². The first-order valence-corrected chi connectivity index (χ1v) is 12.0. The Morgan fingerprint density at radius 2 is 1.63 bits per heavy atom. The molecule has 168 valence electrons. The Morgan fingerprint density at radius 1 is 1.03 bits per heavy atom. The Kier molecular flexibility index (Phi) is 7.13. The van der Waals surface area contributed by atoms with Gasteiger partial charge in [0.15, 0.2) is 11.5 Å². The van der Waals surface area contributed by atoms with Crippen LogP contribution >= 0.6 is 0 Å². The maximum atomic E-state index is 12.6. The molecular weight excluding hydrogens is 408 g/mol. The van der Waals surface area contributed by atoms with Crippen molar-refractivity contribution in [3.05, 3.63) is 18.2 Å². The number of benzene rings is 1. The van der Waals surface area contributed by atoms with Crippen LogP contribution in [-0.4, -0.2) is 46.4 Å². The Morgan fingerprint density at radius 3 is 2.27 bits per heavy atom. The predicted molar refractivity (Wildman–Crippen MR) is 112 cm³/mol. The minimum atomic E-state index is -3.60. The van der Waals surface area contributed by atoms with Crippen LogP contribution in [0.5, 0.6) is 11.5 Å². The second-order valence-corrected chi connectivity index (χ2v) is 10.7. The lowest BCUT2D eigenvalue weighted by atomic mass is 9.82. The van der Waals surface area contributed by atoms with Crippen LogP contribution in [0.4, 0.5) is 4.79 Å². The van der Waals surface area contributed by atoms with Crippen LogP contribution in [0, 0.1) is 11.8 Å². The number of hydrogen-bond donors (Lipinski definition) is 2. The predicted octanol–water partition coefficient (Wildman–Crippen LogP) is 3.07. The first kappa shape index (κ1) is 22.7. The van der Waals surface area contributed by atoms with Gasteiger partial charge in [-0.05, 0) is 70.4 Å². The molecule has 0 spiro atoms. The molecule has 0 unspecified atom stereocenters. The number of carbonyl (C=O) groups excluding carboxylic acids is 1. The zero-order valence-electron chi connectivity index (χ0n) is 17.9. The molecule has 0 radical (unpaired) electrons. The molecule has 1 fully saturated rings. The molecule has 3 rings (SSSR count). The first-order chi connectivity index (χ1) is 14.1. The molecule has 1 aliphatic carbocycles. The quantitative estimate of drug-likeness (QED) is 0.705. The SMILES string of the molecule is CC(C)(C)OC(=O)NCC1CCC(CNS(=O)(=O)c2ccc3c(c2)OCCO3)CC1. The summed E-state index contributed by atoms with van der Waals surface area (Å²) in [5.41, 5.74) is -0.504. The highest BCUT2D eigenvalue weighted by molar-refractivity contribution is 7.89. The molecule has 8 nitrogen and oxygen atoms in total. The summed E-state index contributed by atoms with van der Waals surface area (Å²) in [5.74, 6) is 1.71. The highest BCUT2D eigenvalue weighted by Crippen LogP contribution is 2.32. The highest BCUT2D eigenvalue weighted by atomic mass is 32.2. The molecule has 30 heavy (non-hydrogen) atoms. The lowest BCUT2D eigenvalue weighted by Crippen LogP contribution is -2.37. The normalized spacial score (nSPS) is 21.7.